The molecule has 2 aromatic heterocycles. The van der Waals surface area contributed by atoms with Gasteiger partial charge in [-0.05, 0) is 13.8 Å². The van der Waals surface area contributed by atoms with Crippen molar-refractivity contribution in [1.82, 2.24) is 10.1 Å². The molecule has 3 aromatic rings. The molecule has 25 heavy (non-hydrogen) atoms. The number of amides is 1. The fourth-order valence-corrected chi connectivity index (χ4v) is 4.05. The third-order valence-electron chi connectivity index (χ3n) is 3.51. The number of hydrogen-bond acceptors (Lipinski definition) is 6. The van der Waals surface area contributed by atoms with Crippen LogP contribution in [0.25, 0.3) is 10.6 Å². The Bertz CT molecular complexity index is 889. The highest BCUT2D eigenvalue weighted by molar-refractivity contribution is 7.85. The quantitative estimate of drug-likeness (QED) is 0.714. The number of aryl methyl sites for hydroxylation is 1. The average Bonchev–Trinajstić information content (AvgIpc) is 3.24. The molecule has 1 amide bonds. The van der Waals surface area contributed by atoms with E-state index in [1.807, 2.05) is 35.7 Å². The predicted molar refractivity (Wildman–Crippen MR) is 98.7 cm³/mol. The second-order valence-corrected chi connectivity index (χ2v) is 8.10. The molecule has 2 heterocycles. The summed E-state index contributed by atoms with van der Waals surface area (Å²) >= 11 is 1.50. The first-order valence-corrected chi connectivity index (χ1v) is 9.90. The molecule has 1 N–H and O–H groups in total. The summed E-state index contributed by atoms with van der Waals surface area (Å²) in [6.45, 7) is 3.36. The van der Waals surface area contributed by atoms with Gasteiger partial charge in [-0.2, -0.15) is 0 Å². The Morgan fingerprint density at radius 2 is 2.12 bits per heavy atom. The Labute approximate surface area is 151 Å². The fraction of sp³-hybridized carbons (Fsp3) is 0.235. The van der Waals surface area contributed by atoms with Crippen molar-refractivity contribution in [2.24, 2.45) is 0 Å². The number of anilines is 1. The SMILES string of the molecule is Cc1cc(NC(=O)C(C)S(=O)Cc2csc(-c3ccccc3)n2)no1. The molecule has 0 saturated carbocycles. The number of benzene rings is 1. The summed E-state index contributed by atoms with van der Waals surface area (Å²) in [6, 6.07) is 11.4. The molecule has 0 aliphatic carbocycles. The van der Waals surface area contributed by atoms with Gasteiger partial charge in [-0.1, -0.05) is 35.5 Å². The van der Waals surface area contributed by atoms with E-state index in [0.717, 1.165) is 16.3 Å². The van der Waals surface area contributed by atoms with E-state index in [2.05, 4.69) is 15.5 Å². The maximum absolute atomic E-state index is 12.5. The molecule has 2 unspecified atom stereocenters. The molecule has 0 bridgehead atoms. The highest BCUT2D eigenvalue weighted by Crippen LogP contribution is 2.24. The Morgan fingerprint density at radius 3 is 2.80 bits per heavy atom. The van der Waals surface area contributed by atoms with Crippen LogP contribution < -0.4 is 5.32 Å². The van der Waals surface area contributed by atoms with E-state index in [1.165, 1.54) is 11.3 Å². The molecule has 8 heteroatoms. The van der Waals surface area contributed by atoms with E-state index in [1.54, 1.807) is 19.9 Å². The third kappa shape index (κ3) is 4.40. The number of thiazole rings is 1. The van der Waals surface area contributed by atoms with Crippen LogP contribution in [0, 0.1) is 6.92 Å². The van der Waals surface area contributed by atoms with Gasteiger partial charge in [0, 0.05) is 27.8 Å². The lowest BCUT2D eigenvalue weighted by Crippen LogP contribution is -2.29. The zero-order valence-electron chi connectivity index (χ0n) is 13.8. The summed E-state index contributed by atoms with van der Waals surface area (Å²) in [4.78, 5) is 16.7. The number of carbonyl (C=O) groups excluding carboxylic acids is 1. The van der Waals surface area contributed by atoms with E-state index in [0.29, 0.717) is 11.6 Å². The minimum absolute atomic E-state index is 0.232. The first kappa shape index (κ1) is 17.5. The third-order valence-corrected chi connectivity index (χ3v) is 6.03. The monoisotopic (exact) mass is 375 g/mol. The Morgan fingerprint density at radius 1 is 1.36 bits per heavy atom. The van der Waals surface area contributed by atoms with E-state index >= 15 is 0 Å². The van der Waals surface area contributed by atoms with Gasteiger partial charge in [0.15, 0.2) is 5.82 Å². The van der Waals surface area contributed by atoms with Gasteiger partial charge in [-0.15, -0.1) is 11.3 Å². The zero-order chi connectivity index (χ0) is 17.8. The molecule has 0 fully saturated rings. The number of nitrogens with one attached hydrogen (secondary N) is 1. The van der Waals surface area contributed by atoms with Crippen LogP contribution >= 0.6 is 11.3 Å². The smallest absolute Gasteiger partial charge is 0.241 e. The van der Waals surface area contributed by atoms with Crippen LogP contribution in [0.1, 0.15) is 18.4 Å². The predicted octanol–water partition coefficient (Wildman–Crippen LogP) is 3.38. The number of carbonyl (C=O) groups is 1. The van der Waals surface area contributed by atoms with Gasteiger partial charge in [0.05, 0.1) is 11.4 Å². The lowest BCUT2D eigenvalue weighted by atomic mass is 10.2. The highest BCUT2D eigenvalue weighted by Gasteiger charge is 2.22. The maximum Gasteiger partial charge on any atom is 0.241 e. The normalized spacial score (nSPS) is 13.4. The molecular weight excluding hydrogens is 358 g/mol. The zero-order valence-corrected chi connectivity index (χ0v) is 15.4. The molecule has 0 radical (unpaired) electrons. The van der Waals surface area contributed by atoms with E-state index in [9.17, 15) is 9.00 Å². The largest absolute Gasteiger partial charge is 0.360 e. The van der Waals surface area contributed by atoms with Gasteiger partial charge >= 0.3 is 0 Å². The molecule has 2 atom stereocenters. The van der Waals surface area contributed by atoms with Crippen molar-refractivity contribution in [3.8, 4) is 10.6 Å². The van der Waals surface area contributed by atoms with Crippen molar-refractivity contribution in [2.75, 3.05) is 5.32 Å². The average molecular weight is 375 g/mol. The molecule has 1 aromatic carbocycles. The standard InChI is InChI=1S/C17H17N3O3S2/c1-11-8-15(20-23-11)19-16(21)12(2)25(22)10-14-9-24-17(18-14)13-6-4-3-5-7-13/h3-9,12H,10H2,1-2H3,(H,19,20,21). The van der Waals surface area contributed by atoms with Crippen LogP contribution in [0.2, 0.25) is 0 Å². The van der Waals surface area contributed by atoms with Gasteiger partial charge in [-0.25, -0.2) is 4.98 Å². The van der Waals surface area contributed by atoms with Crippen LogP contribution in [-0.2, 0) is 21.3 Å². The van der Waals surface area contributed by atoms with Crippen molar-refractivity contribution in [1.29, 1.82) is 0 Å². The summed E-state index contributed by atoms with van der Waals surface area (Å²) in [7, 11) is -1.38. The molecule has 0 spiro atoms. The van der Waals surface area contributed by atoms with Gasteiger partial charge in [0.25, 0.3) is 0 Å². The summed E-state index contributed by atoms with van der Waals surface area (Å²) in [5, 5.41) is 8.38. The van der Waals surface area contributed by atoms with Crippen LogP contribution in [-0.4, -0.2) is 25.5 Å². The highest BCUT2D eigenvalue weighted by atomic mass is 32.2. The van der Waals surface area contributed by atoms with Crippen LogP contribution in [0.15, 0.2) is 46.3 Å². The summed E-state index contributed by atoms with van der Waals surface area (Å²) < 4.78 is 17.4. The summed E-state index contributed by atoms with van der Waals surface area (Å²) in [5.41, 5.74) is 1.75. The van der Waals surface area contributed by atoms with Crippen molar-refractivity contribution in [3.63, 3.8) is 0 Å². The Kier molecular flexibility index (Phi) is 5.40. The maximum atomic E-state index is 12.5. The minimum Gasteiger partial charge on any atom is -0.360 e. The first-order chi connectivity index (χ1) is 12.0. The Balaban J connectivity index is 1.61. The first-order valence-electron chi connectivity index (χ1n) is 7.64. The summed E-state index contributed by atoms with van der Waals surface area (Å²) in [6.07, 6.45) is 0. The molecule has 0 aliphatic rings. The number of rotatable bonds is 6. The van der Waals surface area contributed by atoms with Gasteiger partial charge < -0.3 is 9.84 Å². The fourth-order valence-electron chi connectivity index (χ4n) is 2.13. The molecule has 130 valence electrons. The molecule has 0 aliphatic heterocycles. The molecule has 6 nitrogen and oxygen atoms in total. The lowest BCUT2D eigenvalue weighted by Gasteiger charge is -2.09. The van der Waals surface area contributed by atoms with Crippen molar-refractivity contribution in [3.05, 3.63) is 53.2 Å². The molecule has 0 saturated heterocycles. The molecular formula is C17H17N3O3S2. The summed E-state index contributed by atoms with van der Waals surface area (Å²) in [5.74, 6) is 0.798. The second-order valence-electron chi connectivity index (χ2n) is 5.49. The van der Waals surface area contributed by atoms with Crippen molar-refractivity contribution < 1.29 is 13.5 Å². The van der Waals surface area contributed by atoms with E-state index in [4.69, 9.17) is 4.52 Å². The van der Waals surface area contributed by atoms with Gasteiger partial charge in [-0.3, -0.25) is 9.00 Å². The van der Waals surface area contributed by atoms with Gasteiger partial charge in [0.1, 0.15) is 16.0 Å². The number of aromatic nitrogens is 2. The number of nitrogens with zero attached hydrogens (tertiary/aromatic N) is 2. The van der Waals surface area contributed by atoms with Crippen LogP contribution in [0.3, 0.4) is 0 Å². The second kappa shape index (κ2) is 7.71. The topological polar surface area (TPSA) is 85.1 Å². The van der Waals surface area contributed by atoms with Crippen molar-refractivity contribution >= 4 is 33.9 Å². The Hall–Kier alpha value is -2.32. The minimum atomic E-state index is -1.38. The number of hydrogen-bond donors (Lipinski definition) is 1. The van der Waals surface area contributed by atoms with Crippen LogP contribution in [0.5, 0.6) is 0 Å². The van der Waals surface area contributed by atoms with E-state index in [-0.39, 0.29) is 11.7 Å². The lowest BCUT2D eigenvalue weighted by molar-refractivity contribution is -0.115. The molecule has 3 rings (SSSR count). The van der Waals surface area contributed by atoms with E-state index < -0.39 is 16.0 Å². The van der Waals surface area contributed by atoms with Gasteiger partial charge in [0.2, 0.25) is 5.91 Å². The van der Waals surface area contributed by atoms with Crippen LogP contribution in [0.4, 0.5) is 5.82 Å². The van der Waals surface area contributed by atoms with Crippen molar-refractivity contribution in [2.45, 2.75) is 24.9 Å².